The monoisotopic (exact) mass is 446 g/mol. The van der Waals surface area contributed by atoms with Gasteiger partial charge in [-0.2, -0.15) is 0 Å². The van der Waals surface area contributed by atoms with Crippen LogP contribution in [-0.4, -0.2) is 41.9 Å². The maximum atomic E-state index is 13.1. The van der Waals surface area contributed by atoms with Gasteiger partial charge in [-0.25, -0.2) is 0 Å². The molecule has 0 aliphatic carbocycles. The Balaban J connectivity index is 1.34. The smallest absolute Gasteiger partial charge is 0.264 e. The molecule has 0 bridgehead atoms. The first-order valence-corrected chi connectivity index (χ1v) is 11.7. The molecule has 0 spiro atoms. The molecular weight excluding hydrogens is 424 g/mol. The van der Waals surface area contributed by atoms with Gasteiger partial charge in [-0.1, -0.05) is 72.3 Å². The summed E-state index contributed by atoms with van der Waals surface area (Å²) < 4.78 is 1.16. The molecule has 4 aromatic rings. The normalized spacial score (nSPS) is 15.8. The molecule has 1 amide bonds. The van der Waals surface area contributed by atoms with Crippen molar-refractivity contribution >= 4 is 38.9 Å². The lowest BCUT2D eigenvalue weighted by Crippen LogP contribution is -2.49. The van der Waals surface area contributed by atoms with Crippen molar-refractivity contribution in [2.24, 2.45) is 0 Å². The van der Waals surface area contributed by atoms with E-state index in [9.17, 15) is 4.79 Å². The second kappa shape index (κ2) is 8.83. The zero-order chi connectivity index (χ0) is 21.2. The van der Waals surface area contributed by atoms with Gasteiger partial charge in [-0.3, -0.25) is 9.69 Å². The molecule has 1 unspecified atom stereocenters. The van der Waals surface area contributed by atoms with Crippen LogP contribution in [0.4, 0.5) is 0 Å². The van der Waals surface area contributed by atoms with Crippen molar-refractivity contribution in [3.05, 3.63) is 106 Å². The largest absolute Gasteiger partial charge is 0.335 e. The predicted molar refractivity (Wildman–Crippen MR) is 129 cm³/mol. The molecule has 0 radical (unpaired) electrons. The van der Waals surface area contributed by atoms with Crippen LogP contribution in [0.1, 0.15) is 26.8 Å². The van der Waals surface area contributed by atoms with Crippen molar-refractivity contribution in [2.45, 2.75) is 6.04 Å². The van der Waals surface area contributed by atoms with Crippen LogP contribution in [0, 0.1) is 0 Å². The van der Waals surface area contributed by atoms with Crippen molar-refractivity contribution < 1.29 is 4.79 Å². The summed E-state index contributed by atoms with van der Waals surface area (Å²) in [6.07, 6.45) is 0. The topological polar surface area (TPSA) is 23.6 Å². The molecule has 2 heterocycles. The summed E-state index contributed by atoms with van der Waals surface area (Å²) in [6, 6.07) is 29.0. The van der Waals surface area contributed by atoms with Crippen molar-refractivity contribution in [2.75, 3.05) is 26.2 Å². The van der Waals surface area contributed by atoms with Gasteiger partial charge < -0.3 is 4.90 Å². The van der Waals surface area contributed by atoms with Crippen LogP contribution in [0.3, 0.4) is 0 Å². The Morgan fingerprint density at radius 1 is 0.806 bits per heavy atom. The summed E-state index contributed by atoms with van der Waals surface area (Å²) in [7, 11) is 0. The van der Waals surface area contributed by atoms with Crippen LogP contribution in [0.15, 0.2) is 84.9 Å². The van der Waals surface area contributed by atoms with E-state index < -0.39 is 0 Å². The van der Waals surface area contributed by atoms with Crippen LogP contribution in [-0.2, 0) is 0 Å². The van der Waals surface area contributed by atoms with Gasteiger partial charge in [0.05, 0.1) is 10.9 Å². The number of carbonyl (C=O) groups excluding carboxylic acids is 1. The van der Waals surface area contributed by atoms with Crippen molar-refractivity contribution in [1.82, 2.24) is 9.80 Å². The fourth-order valence-electron chi connectivity index (χ4n) is 4.32. The molecule has 3 nitrogen and oxygen atoms in total. The first-order chi connectivity index (χ1) is 15.2. The molecular formula is C26H23ClN2OS. The highest BCUT2D eigenvalue weighted by Crippen LogP contribution is 2.31. The fourth-order valence-corrected chi connectivity index (χ4v) is 5.48. The minimum absolute atomic E-state index is 0.142. The number of fused-ring (bicyclic) bond motifs is 1. The quantitative estimate of drug-likeness (QED) is 0.378. The van der Waals surface area contributed by atoms with Gasteiger partial charge in [-0.15, -0.1) is 11.3 Å². The second-order valence-corrected chi connectivity index (χ2v) is 9.36. The van der Waals surface area contributed by atoms with E-state index >= 15 is 0 Å². The summed E-state index contributed by atoms with van der Waals surface area (Å²) in [5.41, 5.74) is 2.48. The Bertz CT molecular complexity index is 1150. The Hall–Kier alpha value is -2.66. The predicted octanol–water partition coefficient (Wildman–Crippen LogP) is 6.10. The van der Waals surface area contributed by atoms with Gasteiger partial charge in [0.1, 0.15) is 0 Å². The Kier molecular flexibility index (Phi) is 5.77. The Morgan fingerprint density at radius 3 is 2.16 bits per heavy atom. The minimum atomic E-state index is 0.142. The van der Waals surface area contributed by atoms with E-state index in [2.05, 4.69) is 53.4 Å². The number of thiophene rings is 1. The first-order valence-electron chi connectivity index (χ1n) is 10.5. The van der Waals surface area contributed by atoms with Gasteiger partial charge in [0, 0.05) is 35.9 Å². The number of hydrogen-bond acceptors (Lipinski definition) is 3. The van der Waals surface area contributed by atoms with E-state index in [4.69, 9.17) is 11.6 Å². The average molecular weight is 447 g/mol. The number of halogens is 1. The van der Waals surface area contributed by atoms with Gasteiger partial charge in [-0.05, 0) is 40.8 Å². The third-order valence-corrected chi connectivity index (χ3v) is 7.26. The molecule has 0 saturated carbocycles. The molecule has 1 fully saturated rings. The number of carbonyl (C=O) groups is 1. The summed E-state index contributed by atoms with van der Waals surface area (Å²) in [4.78, 5) is 18.4. The zero-order valence-electron chi connectivity index (χ0n) is 17.1. The third-order valence-electron chi connectivity index (χ3n) is 5.90. The summed E-state index contributed by atoms with van der Waals surface area (Å²) in [6.45, 7) is 3.12. The lowest BCUT2D eigenvalue weighted by molar-refractivity contribution is 0.0602. The highest BCUT2D eigenvalue weighted by atomic mass is 35.5. The molecule has 3 aromatic carbocycles. The second-order valence-electron chi connectivity index (χ2n) is 7.84. The Labute approximate surface area is 191 Å². The highest BCUT2D eigenvalue weighted by molar-refractivity contribution is 7.20. The SMILES string of the molecule is O=C(c1cc2ccccc2s1)N1CCN(C(c2ccccc2)c2ccc(Cl)cc2)CC1. The van der Waals surface area contributed by atoms with Crippen LogP contribution in [0.5, 0.6) is 0 Å². The van der Waals surface area contributed by atoms with E-state index in [0.29, 0.717) is 0 Å². The Morgan fingerprint density at radius 2 is 1.45 bits per heavy atom. The van der Waals surface area contributed by atoms with E-state index in [1.54, 1.807) is 11.3 Å². The fraction of sp³-hybridized carbons (Fsp3) is 0.192. The maximum absolute atomic E-state index is 13.1. The van der Waals surface area contributed by atoms with Gasteiger partial charge in [0.25, 0.3) is 5.91 Å². The number of nitrogens with zero attached hydrogens (tertiary/aromatic N) is 2. The number of hydrogen-bond donors (Lipinski definition) is 0. The molecule has 5 rings (SSSR count). The van der Waals surface area contributed by atoms with Crippen LogP contribution >= 0.6 is 22.9 Å². The van der Waals surface area contributed by atoms with E-state index in [0.717, 1.165) is 46.2 Å². The third kappa shape index (κ3) is 4.24. The molecule has 1 atom stereocenters. The molecule has 0 N–H and O–H groups in total. The summed E-state index contributed by atoms with van der Waals surface area (Å²) >= 11 is 7.72. The molecule has 156 valence electrons. The van der Waals surface area contributed by atoms with Crippen LogP contribution in [0.25, 0.3) is 10.1 Å². The van der Waals surface area contributed by atoms with Crippen LogP contribution < -0.4 is 0 Å². The number of benzene rings is 3. The van der Waals surface area contributed by atoms with Crippen LogP contribution in [0.2, 0.25) is 5.02 Å². The van der Waals surface area contributed by atoms with E-state index in [1.807, 2.05) is 41.3 Å². The molecule has 5 heteroatoms. The number of piperazine rings is 1. The van der Waals surface area contributed by atoms with E-state index in [-0.39, 0.29) is 11.9 Å². The van der Waals surface area contributed by atoms with Gasteiger partial charge >= 0.3 is 0 Å². The lowest BCUT2D eigenvalue weighted by atomic mass is 9.96. The summed E-state index contributed by atoms with van der Waals surface area (Å²) in [5, 5.41) is 1.88. The average Bonchev–Trinajstić information content (AvgIpc) is 3.26. The zero-order valence-corrected chi connectivity index (χ0v) is 18.6. The standard InChI is InChI=1S/C26H23ClN2OS/c27-22-12-10-20(11-13-22)25(19-6-2-1-3-7-19)28-14-16-29(17-15-28)26(30)24-18-21-8-4-5-9-23(21)31-24/h1-13,18,25H,14-17H2. The molecule has 1 aromatic heterocycles. The van der Waals surface area contributed by atoms with Crippen molar-refractivity contribution in [3.8, 4) is 0 Å². The van der Waals surface area contributed by atoms with Crippen molar-refractivity contribution in [3.63, 3.8) is 0 Å². The highest BCUT2D eigenvalue weighted by Gasteiger charge is 2.29. The minimum Gasteiger partial charge on any atom is -0.335 e. The summed E-state index contributed by atoms with van der Waals surface area (Å²) in [5.74, 6) is 0.142. The van der Waals surface area contributed by atoms with Gasteiger partial charge in [0.2, 0.25) is 0 Å². The maximum Gasteiger partial charge on any atom is 0.264 e. The lowest BCUT2D eigenvalue weighted by Gasteiger charge is -2.39. The number of rotatable bonds is 4. The molecule has 1 saturated heterocycles. The first kappa shape index (κ1) is 20.3. The van der Waals surface area contributed by atoms with E-state index in [1.165, 1.54) is 11.1 Å². The molecule has 1 aliphatic heterocycles. The number of amides is 1. The van der Waals surface area contributed by atoms with Crippen molar-refractivity contribution in [1.29, 1.82) is 0 Å². The molecule has 1 aliphatic rings. The van der Waals surface area contributed by atoms with Gasteiger partial charge in [0.15, 0.2) is 0 Å². The molecule has 31 heavy (non-hydrogen) atoms.